The molecule has 31 heavy (non-hydrogen) atoms. The fourth-order valence-electron chi connectivity index (χ4n) is 3.09. The number of amides is 1. The second kappa shape index (κ2) is 7.91. The summed E-state index contributed by atoms with van der Waals surface area (Å²) >= 11 is 6.07. The lowest BCUT2D eigenvalue weighted by Crippen LogP contribution is -2.20. The Morgan fingerprint density at radius 1 is 1.26 bits per heavy atom. The molecule has 4 aromatic rings. The number of nitrogens with zero attached hydrogens (tertiary/aromatic N) is 5. The zero-order valence-corrected chi connectivity index (χ0v) is 16.6. The highest BCUT2D eigenvalue weighted by atomic mass is 35.5. The minimum absolute atomic E-state index is 0.00513. The first-order valence-corrected chi connectivity index (χ1v) is 9.21. The van der Waals surface area contributed by atoms with Gasteiger partial charge in [0, 0.05) is 23.0 Å². The Kier molecular flexibility index (Phi) is 5.27. The van der Waals surface area contributed by atoms with Crippen LogP contribution in [0.1, 0.15) is 10.4 Å². The predicted octanol–water partition coefficient (Wildman–Crippen LogP) is 4.07. The van der Waals surface area contributed by atoms with Crippen molar-refractivity contribution in [3.8, 4) is 17.0 Å². The molecule has 3 aromatic heterocycles. The fourth-order valence-corrected chi connectivity index (χ4v) is 3.27. The molecule has 1 aromatic carbocycles. The van der Waals surface area contributed by atoms with Gasteiger partial charge in [0.25, 0.3) is 5.91 Å². The van der Waals surface area contributed by atoms with Crippen LogP contribution in [0.2, 0.25) is 5.02 Å². The lowest BCUT2D eigenvalue weighted by molar-refractivity contribution is -0.142. The van der Waals surface area contributed by atoms with Gasteiger partial charge in [-0.25, -0.2) is 9.50 Å². The lowest BCUT2D eigenvalue weighted by atomic mass is 10.1. The SMILES string of the molecule is COc1ccc(Cl)cc1-c1c(NC(=O)c2cnn3cccnc23)cnn1CC(F)(F)F. The second-order valence-electron chi connectivity index (χ2n) is 6.42. The largest absolute Gasteiger partial charge is 0.496 e. The van der Waals surface area contributed by atoms with Crippen molar-refractivity contribution in [1.82, 2.24) is 24.4 Å². The van der Waals surface area contributed by atoms with Gasteiger partial charge in [-0.15, -0.1) is 0 Å². The summed E-state index contributed by atoms with van der Waals surface area (Å²) in [6, 6.07) is 6.14. The molecule has 0 aliphatic heterocycles. The molecule has 1 amide bonds. The molecular weight excluding hydrogens is 437 g/mol. The average molecular weight is 451 g/mol. The molecule has 8 nitrogen and oxygen atoms in total. The van der Waals surface area contributed by atoms with E-state index in [0.29, 0.717) is 5.65 Å². The summed E-state index contributed by atoms with van der Waals surface area (Å²) in [6.07, 6.45) is 1.02. The van der Waals surface area contributed by atoms with Crippen molar-refractivity contribution >= 4 is 28.8 Å². The maximum atomic E-state index is 13.1. The molecule has 0 bridgehead atoms. The molecule has 1 N–H and O–H groups in total. The first-order valence-electron chi connectivity index (χ1n) is 8.83. The van der Waals surface area contributed by atoms with Gasteiger partial charge in [0.15, 0.2) is 5.65 Å². The first-order chi connectivity index (χ1) is 14.8. The molecule has 0 spiro atoms. The zero-order chi connectivity index (χ0) is 22.2. The number of hydrogen-bond donors (Lipinski definition) is 1. The van der Waals surface area contributed by atoms with E-state index in [1.807, 2.05) is 0 Å². The van der Waals surface area contributed by atoms with Crippen LogP contribution < -0.4 is 10.1 Å². The van der Waals surface area contributed by atoms with Crippen molar-refractivity contribution in [3.05, 3.63) is 59.6 Å². The maximum Gasteiger partial charge on any atom is 0.408 e. The van der Waals surface area contributed by atoms with Gasteiger partial charge in [-0.05, 0) is 24.3 Å². The van der Waals surface area contributed by atoms with E-state index in [1.54, 1.807) is 12.3 Å². The molecular formula is C19H14ClF3N6O2. The Balaban J connectivity index is 1.80. The Bertz CT molecular complexity index is 1270. The second-order valence-corrected chi connectivity index (χ2v) is 6.86. The lowest BCUT2D eigenvalue weighted by Gasteiger charge is -2.15. The highest BCUT2D eigenvalue weighted by molar-refractivity contribution is 6.31. The number of rotatable bonds is 5. The summed E-state index contributed by atoms with van der Waals surface area (Å²) in [6.45, 7) is -1.37. The van der Waals surface area contributed by atoms with Crippen LogP contribution in [0.15, 0.2) is 49.1 Å². The van der Waals surface area contributed by atoms with Crippen LogP contribution in [0.25, 0.3) is 16.9 Å². The van der Waals surface area contributed by atoms with Crippen molar-refractivity contribution in [2.45, 2.75) is 12.7 Å². The van der Waals surface area contributed by atoms with E-state index in [1.165, 1.54) is 42.2 Å². The van der Waals surface area contributed by atoms with Crippen molar-refractivity contribution in [3.63, 3.8) is 0 Å². The van der Waals surface area contributed by atoms with Crippen LogP contribution in [0.5, 0.6) is 5.75 Å². The van der Waals surface area contributed by atoms with Crippen LogP contribution in [-0.4, -0.2) is 43.6 Å². The summed E-state index contributed by atoms with van der Waals surface area (Å²) in [5, 5.41) is 10.7. The predicted molar refractivity (Wildman–Crippen MR) is 106 cm³/mol. The van der Waals surface area contributed by atoms with E-state index in [-0.39, 0.29) is 33.3 Å². The average Bonchev–Trinajstić information content (AvgIpc) is 3.31. The van der Waals surface area contributed by atoms with Gasteiger partial charge in [-0.2, -0.15) is 23.4 Å². The highest BCUT2D eigenvalue weighted by Crippen LogP contribution is 2.38. The Morgan fingerprint density at radius 2 is 2.06 bits per heavy atom. The number of nitrogens with one attached hydrogen (secondary N) is 1. The minimum atomic E-state index is -4.54. The summed E-state index contributed by atoms with van der Waals surface area (Å²) in [4.78, 5) is 17.0. The van der Waals surface area contributed by atoms with Crippen LogP contribution in [-0.2, 0) is 6.54 Å². The molecule has 0 aliphatic carbocycles. The molecule has 3 heterocycles. The van der Waals surface area contributed by atoms with Crippen LogP contribution in [0.3, 0.4) is 0 Å². The number of ether oxygens (including phenoxy) is 1. The van der Waals surface area contributed by atoms with Crippen LogP contribution >= 0.6 is 11.6 Å². The normalized spacial score (nSPS) is 11.6. The Labute approximate surface area is 178 Å². The standard InChI is InChI=1S/C19H14ClF3N6O2/c1-31-15-4-3-11(20)7-12(15)16-14(9-26-29(16)10-19(21,22)23)27-18(30)13-8-25-28-6-2-5-24-17(13)28/h2-9H,10H2,1H3,(H,27,30). The monoisotopic (exact) mass is 450 g/mol. The van der Waals surface area contributed by atoms with Gasteiger partial charge >= 0.3 is 6.18 Å². The van der Waals surface area contributed by atoms with Crippen LogP contribution in [0.4, 0.5) is 18.9 Å². The van der Waals surface area contributed by atoms with Gasteiger partial charge in [-0.3, -0.25) is 9.48 Å². The quantitative estimate of drug-likeness (QED) is 0.495. The molecule has 160 valence electrons. The van der Waals surface area contributed by atoms with Crippen molar-refractivity contribution < 1.29 is 22.7 Å². The molecule has 0 radical (unpaired) electrons. The van der Waals surface area contributed by atoms with E-state index in [9.17, 15) is 18.0 Å². The summed E-state index contributed by atoms with van der Waals surface area (Å²) in [5.41, 5.74) is 0.724. The number of anilines is 1. The van der Waals surface area contributed by atoms with Gasteiger partial charge < -0.3 is 10.1 Å². The maximum absolute atomic E-state index is 13.1. The molecule has 12 heteroatoms. The van der Waals surface area contributed by atoms with Gasteiger partial charge in [0.05, 0.1) is 30.9 Å². The van der Waals surface area contributed by atoms with Crippen molar-refractivity contribution in [1.29, 1.82) is 0 Å². The van der Waals surface area contributed by atoms with Crippen molar-refractivity contribution in [2.24, 2.45) is 0 Å². The van der Waals surface area contributed by atoms with E-state index >= 15 is 0 Å². The van der Waals surface area contributed by atoms with Crippen LogP contribution in [0, 0.1) is 0 Å². The molecule has 0 atom stereocenters. The summed E-state index contributed by atoms with van der Waals surface area (Å²) < 4.78 is 46.9. The van der Waals surface area contributed by atoms with Gasteiger partial charge in [-0.1, -0.05) is 11.6 Å². The summed E-state index contributed by atoms with van der Waals surface area (Å²) in [5.74, 6) is -0.344. The first kappa shape index (κ1) is 20.7. The van der Waals surface area contributed by atoms with Crippen molar-refractivity contribution in [2.75, 3.05) is 12.4 Å². The van der Waals surface area contributed by atoms with Gasteiger partial charge in [0.1, 0.15) is 17.9 Å². The molecule has 0 unspecified atom stereocenters. The number of halogens is 4. The number of methoxy groups -OCH3 is 1. The third-order valence-corrected chi connectivity index (χ3v) is 4.59. The number of aromatic nitrogens is 5. The molecule has 0 fully saturated rings. The fraction of sp³-hybridized carbons (Fsp3) is 0.158. The Morgan fingerprint density at radius 3 is 2.81 bits per heavy atom. The number of alkyl halides is 3. The zero-order valence-electron chi connectivity index (χ0n) is 15.9. The smallest absolute Gasteiger partial charge is 0.408 e. The molecule has 0 aliphatic rings. The highest BCUT2D eigenvalue weighted by Gasteiger charge is 2.31. The molecule has 0 saturated carbocycles. The third-order valence-electron chi connectivity index (χ3n) is 4.36. The number of carbonyl (C=O) groups excluding carboxylic acids is 1. The topological polar surface area (TPSA) is 86.3 Å². The van der Waals surface area contributed by atoms with E-state index in [4.69, 9.17) is 16.3 Å². The number of fused-ring (bicyclic) bond motifs is 1. The van der Waals surface area contributed by atoms with Gasteiger partial charge in [0.2, 0.25) is 0 Å². The molecule has 4 rings (SSSR count). The third kappa shape index (κ3) is 4.17. The van der Waals surface area contributed by atoms with E-state index in [2.05, 4.69) is 20.5 Å². The molecule has 0 saturated heterocycles. The number of benzene rings is 1. The number of carbonyl (C=O) groups is 1. The summed E-state index contributed by atoms with van der Waals surface area (Å²) in [7, 11) is 1.38. The Hall–Kier alpha value is -3.60. The minimum Gasteiger partial charge on any atom is -0.496 e. The van der Waals surface area contributed by atoms with E-state index < -0.39 is 18.6 Å². The number of hydrogen-bond acceptors (Lipinski definition) is 5. The van der Waals surface area contributed by atoms with E-state index in [0.717, 1.165) is 10.9 Å².